The summed E-state index contributed by atoms with van der Waals surface area (Å²) in [5.41, 5.74) is 3.35. The predicted octanol–water partition coefficient (Wildman–Crippen LogP) is 4.77. The molecule has 4 heteroatoms. The number of rotatable bonds is 4. The maximum atomic E-state index is 11.6. The minimum atomic E-state index is -0.897. The fourth-order valence-corrected chi connectivity index (χ4v) is 3.13. The second kappa shape index (κ2) is 7.04. The summed E-state index contributed by atoms with van der Waals surface area (Å²) in [6, 6.07) is 15.1. The molecule has 0 saturated heterocycles. The molecule has 2 atom stereocenters. The molecular formula is C20H18ClNO2. The Bertz CT molecular complexity index is 796. The largest absolute Gasteiger partial charge is 0.478 e. The molecule has 0 fully saturated rings. The first-order valence-electron chi connectivity index (χ1n) is 7.75. The van der Waals surface area contributed by atoms with Gasteiger partial charge in [0.05, 0.1) is 11.6 Å². The minimum absolute atomic E-state index is 0.0442. The van der Waals surface area contributed by atoms with Gasteiger partial charge in [0.1, 0.15) is 0 Å². The Labute approximate surface area is 146 Å². The molecule has 2 aromatic carbocycles. The Morgan fingerprint density at radius 1 is 1.21 bits per heavy atom. The second-order valence-electron chi connectivity index (χ2n) is 5.78. The van der Waals surface area contributed by atoms with E-state index in [0.29, 0.717) is 17.0 Å². The minimum Gasteiger partial charge on any atom is -0.478 e. The van der Waals surface area contributed by atoms with Gasteiger partial charge in [0, 0.05) is 11.1 Å². The molecule has 2 aromatic rings. The van der Waals surface area contributed by atoms with Gasteiger partial charge in [-0.15, -0.1) is 0 Å². The average molecular weight is 340 g/mol. The van der Waals surface area contributed by atoms with Crippen molar-refractivity contribution in [2.45, 2.75) is 18.5 Å². The van der Waals surface area contributed by atoms with E-state index in [0.717, 1.165) is 16.7 Å². The number of hydrogen-bond acceptors (Lipinski definition) is 2. The highest BCUT2D eigenvalue weighted by atomic mass is 35.5. The van der Waals surface area contributed by atoms with Gasteiger partial charge in [0.2, 0.25) is 0 Å². The van der Waals surface area contributed by atoms with Crippen LogP contribution in [-0.4, -0.2) is 11.1 Å². The van der Waals surface area contributed by atoms with Crippen molar-refractivity contribution in [1.82, 2.24) is 5.32 Å². The van der Waals surface area contributed by atoms with Crippen molar-refractivity contribution in [1.29, 1.82) is 0 Å². The summed E-state index contributed by atoms with van der Waals surface area (Å²) < 4.78 is 0. The number of carboxylic acid groups (broad SMARTS) is 1. The Hall–Kier alpha value is -2.36. The van der Waals surface area contributed by atoms with Gasteiger partial charge in [0.15, 0.2) is 0 Å². The molecule has 1 heterocycles. The van der Waals surface area contributed by atoms with E-state index in [2.05, 4.69) is 11.9 Å². The van der Waals surface area contributed by atoms with E-state index >= 15 is 0 Å². The first-order valence-corrected chi connectivity index (χ1v) is 8.13. The lowest BCUT2D eigenvalue weighted by molar-refractivity contribution is -0.133. The highest BCUT2D eigenvalue weighted by molar-refractivity contribution is 6.30. The van der Waals surface area contributed by atoms with Crippen LogP contribution in [0.2, 0.25) is 5.02 Å². The van der Waals surface area contributed by atoms with Gasteiger partial charge in [-0.2, -0.15) is 0 Å². The number of carbonyl (C=O) groups is 1. The Morgan fingerprint density at radius 2 is 1.96 bits per heavy atom. The third-order valence-electron chi connectivity index (χ3n) is 4.25. The van der Waals surface area contributed by atoms with E-state index in [1.165, 1.54) is 0 Å². The van der Waals surface area contributed by atoms with Gasteiger partial charge in [-0.1, -0.05) is 60.7 Å². The molecule has 2 N–H and O–H groups in total. The summed E-state index contributed by atoms with van der Waals surface area (Å²) >= 11 is 5.95. The van der Waals surface area contributed by atoms with Crippen LogP contribution in [0.1, 0.15) is 35.2 Å². The molecule has 0 aliphatic carbocycles. The molecular weight excluding hydrogens is 322 g/mol. The normalized spacial score (nSPS) is 20.3. The summed E-state index contributed by atoms with van der Waals surface area (Å²) in [7, 11) is 0. The standard InChI is InChI=1S/C20H18ClNO2/c1-2-13-4-3-5-15(12-13)19-17(20(23)24)10-11-18(22-19)14-6-8-16(21)9-7-14/h2-10,12,18-19,22H,1,11H2,(H,23,24). The first-order chi connectivity index (χ1) is 11.6. The molecule has 0 amide bonds. The zero-order valence-electron chi connectivity index (χ0n) is 13.1. The molecule has 2 unspecified atom stereocenters. The number of halogens is 1. The summed E-state index contributed by atoms with van der Waals surface area (Å²) in [4.78, 5) is 11.6. The van der Waals surface area contributed by atoms with Crippen molar-refractivity contribution in [3.8, 4) is 0 Å². The Balaban J connectivity index is 1.96. The quantitative estimate of drug-likeness (QED) is 0.843. The van der Waals surface area contributed by atoms with E-state index in [4.69, 9.17) is 11.6 Å². The van der Waals surface area contributed by atoms with Crippen molar-refractivity contribution in [3.05, 3.63) is 88.5 Å². The van der Waals surface area contributed by atoms with Gasteiger partial charge >= 0.3 is 5.97 Å². The molecule has 0 radical (unpaired) electrons. The highest BCUT2D eigenvalue weighted by Crippen LogP contribution is 2.33. The van der Waals surface area contributed by atoms with Crippen molar-refractivity contribution in [2.75, 3.05) is 0 Å². The van der Waals surface area contributed by atoms with Crippen LogP contribution in [0, 0.1) is 0 Å². The number of carboxylic acids is 1. The van der Waals surface area contributed by atoms with Crippen molar-refractivity contribution in [3.63, 3.8) is 0 Å². The van der Waals surface area contributed by atoms with Crippen LogP contribution in [0.25, 0.3) is 6.08 Å². The zero-order chi connectivity index (χ0) is 17.1. The van der Waals surface area contributed by atoms with Gasteiger partial charge in [-0.05, 0) is 41.3 Å². The van der Waals surface area contributed by atoms with Crippen LogP contribution in [0.5, 0.6) is 0 Å². The van der Waals surface area contributed by atoms with Crippen LogP contribution < -0.4 is 5.32 Å². The number of nitrogens with one attached hydrogen (secondary N) is 1. The highest BCUT2D eigenvalue weighted by Gasteiger charge is 2.29. The fraction of sp³-hybridized carbons (Fsp3) is 0.150. The lowest BCUT2D eigenvalue weighted by Gasteiger charge is -2.31. The number of benzene rings is 2. The molecule has 1 aliphatic rings. The van der Waals surface area contributed by atoms with Crippen LogP contribution in [0.15, 0.2) is 66.8 Å². The SMILES string of the molecule is C=Cc1cccc(C2NC(c3ccc(Cl)cc3)CC=C2C(=O)O)c1. The molecule has 122 valence electrons. The van der Waals surface area contributed by atoms with Crippen molar-refractivity contribution < 1.29 is 9.90 Å². The Kier molecular flexibility index (Phi) is 4.84. The van der Waals surface area contributed by atoms with E-state index in [1.54, 1.807) is 6.08 Å². The molecule has 24 heavy (non-hydrogen) atoms. The molecule has 1 aliphatic heterocycles. The van der Waals surface area contributed by atoms with Gasteiger partial charge in [0.25, 0.3) is 0 Å². The third kappa shape index (κ3) is 3.42. The summed E-state index contributed by atoms with van der Waals surface area (Å²) in [6.45, 7) is 3.78. The average Bonchev–Trinajstić information content (AvgIpc) is 2.62. The summed E-state index contributed by atoms with van der Waals surface area (Å²) in [5, 5.41) is 13.7. The number of hydrogen-bond donors (Lipinski definition) is 2. The molecule has 3 nitrogen and oxygen atoms in total. The van der Waals surface area contributed by atoms with Crippen molar-refractivity contribution in [2.24, 2.45) is 0 Å². The van der Waals surface area contributed by atoms with E-state index < -0.39 is 5.97 Å². The summed E-state index contributed by atoms with van der Waals surface area (Å²) in [5.74, 6) is -0.897. The first kappa shape index (κ1) is 16.5. The van der Waals surface area contributed by atoms with Crippen LogP contribution in [0.4, 0.5) is 0 Å². The van der Waals surface area contributed by atoms with Crippen LogP contribution >= 0.6 is 11.6 Å². The predicted molar refractivity (Wildman–Crippen MR) is 96.9 cm³/mol. The zero-order valence-corrected chi connectivity index (χ0v) is 13.8. The molecule has 0 bridgehead atoms. The van der Waals surface area contributed by atoms with Gasteiger partial charge in [-0.25, -0.2) is 4.79 Å². The lowest BCUT2D eigenvalue weighted by atomic mass is 9.89. The van der Waals surface area contributed by atoms with E-state index in [9.17, 15) is 9.90 Å². The van der Waals surface area contributed by atoms with Gasteiger partial charge < -0.3 is 5.11 Å². The smallest absolute Gasteiger partial charge is 0.333 e. The maximum Gasteiger partial charge on any atom is 0.333 e. The van der Waals surface area contributed by atoms with E-state index in [1.807, 2.05) is 54.6 Å². The second-order valence-corrected chi connectivity index (χ2v) is 6.21. The maximum absolute atomic E-state index is 11.6. The monoisotopic (exact) mass is 339 g/mol. The molecule has 3 rings (SSSR count). The number of aliphatic carboxylic acids is 1. The Morgan fingerprint density at radius 3 is 2.62 bits per heavy atom. The molecule has 0 spiro atoms. The van der Waals surface area contributed by atoms with Gasteiger partial charge in [-0.3, -0.25) is 5.32 Å². The fourth-order valence-electron chi connectivity index (χ4n) is 3.00. The van der Waals surface area contributed by atoms with Crippen molar-refractivity contribution >= 4 is 23.6 Å². The van der Waals surface area contributed by atoms with Crippen LogP contribution in [0.3, 0.4) is 0 Å². The molecule has 0 saturated carbocycles. The van der Waals surface area contributed by atoms with Crippen LogP contribution in [-0.2, 0) is 4.79 Å². The van der Waals surface area contributed by atoms with E-state index in [-0.39, 0.29) is 12.1 Å². The molecule has 0 aromatic heterocycles. The lowest BCUT2D eigenvalue weighted by Crippen LogP contribution is -2.33. The topological polar surface area (TPSA) is 49.3 Å². The third-order valence-corrected chi connectivity index (χ3v) is 4.50. The summed E-state index contributed by atoms with van der Waals surface area (Å²) in [6.07, 6.45) is 4.19.